The molecule has 0 fully saturated rings. The molecule has 0 spiro atoms. The van der Waals surface area contributed by atoms with Crippen molar-refractivity contribution < 1.29 is 69.1 Å². The Hall–Kier alpha value is -0.409. The minimum Gasteiger partial charge on any atom is -0.485 e. The Morgan fingerprint density at radius 1 is 1.15 bits per heavy atom. The third-order valence-corrected chi connectivity index (χ3v) is 2.55. The average Bonchev–Trinajstić information content (AvgIpc) is 2.37. The molecule has 0 unspecified atom stereocenters. The molecule has 1 aromatic heterocycles. The fourth-order valence-corrected chi connectivity index (χ4v) is 1.58. The topological polar surface area (TPSA) is 35.0 Å². The van der Waals surface area contributed by atoms with Crippen molar-refractivity contribution in [3.05, 3.63) is 48.0 Å². The molecule has 2 rings (SSSR count). The maximum atomic E-state index is 12.6. The minimum absolute atomic E-state index is 0. The van der Waals surface area contributed by atoms with E-state index in [9.17, 15) is 12.9 Å². The van der Waals surface area contributed by atoms with E-state index in [1.54, 1.807) is 25.4 Å². The normalized spacial score (nSPS) is 10.8. The van der Waals surface area contributed by atoms with E-state index in [0.29, 0.717) is 17.1 Å². The van der Waals surface area contributed by atoms with Crippen LogP contribution in [0.15, 0.2) is 36.7 Å². The Balaban J connectivity index is 0.00000200. The molecule has 0 amide bonds. The number of benzene rings is 1. The van der Waals surface area contributed by atoms with Crippen LogP contribution in [0, 0.1) is 6.92 Å². The fraction of sp³-hybridized carbons (Fsp3) is 0.167. The van der Waals surface area contributed by atoms with Crippen molar-refractivity contribution in [1.29, 1.82) is 0 Å². The summed E-state index contributed by atoms with van der Waals surface area (Å²) >= 11 is 0. The number of aromatic nitrogens is 2. The number of ether oxygens (including phenoxy) is 1. The summed E-state index contributed by atoms with van der Waals surface area (Å²) in [6, 6.07) is 5.10. The molecule has 100 valence electrons. The number of hydrogen-bond donors (Lipinski definition) is 0. The Bertz CT molecular complexity index is 566. The molecule has 3 nitrogen and oxygen atoms in total. The van der Waals surface area contributed by atoms with Gasteiger partial charge in [-0.3, -0.25) is 0 Å². The summed E-state index contributed by atoms with van der Waals surface area (Å²) in [6.07, 6.45) is 3.15. The fourth-order valence-electron chi connectivity index (χ4n) is 1.58. The van der Waals surface area contributed by atoms with Gasteiger partial charge in [0.2, 0.25) is 0 Å². The van der Waals surface area contributed by atoms with Gasteiger partial charge in [-0.05, 0) is 24.6 Å². The quantitative estimate of drug-likeness (QED) is 0.709. The van der Waals surface area contributed by atoms with Crippen molar-refractivity contribution in [2.75, 3.05) is 0 Å². The van der Waals surface area contributed by atoms with Gasteiger partial charge in [-0.1, -0.05) is 12.1 Å². The van der Waals surface area contributed by atoms with Crippen LogP contribution in [0.4, 0.5) is 12.9 Å². The van der Waals surface area contributed by atoms with Gasteiger partial charge >= 0.3 is 58.4 Å². The van der Waals surface area contributed by atoms with E-state index in [0.717, 1.165) is 12.1 Å². The molecular formula is C12H11BF3KN2O. The number of nitrogens with zero attached hydrogens (tertiary/aromatic N) is 2. The van der Waals surface area contributed by atoms with Crippen molar-refractivity contribution in [3.63, 3.8) is 0 Å². The van der Waals surface area contributed by atoms with Gasteiger partial charge in [0, 0.05) is 12.4 Å². The van der Waals surface area contributed by atoms with Crippen LogP contribution in [0.5, 0.6) is 5.75 Å². The number of hydrogen-bond acceptors (Lipinski definition) is 3. The van der Waals surface area contributed by atoms with E-state index in [-0.39, 0.29) is 58.0 Å². The third kappa shape index (κ3) is 4.85. The summed E-state index contributed by atoms with van der Waals surface area (Å²) in [5.74, 6) is 0.877. The number of halogens is 3. The van der Waals surface area contributed by atoms with E-state index >= 15 is 0 Å². The summed E-state index contributed by atoms with van der Waals surface area (Å²) in [5, 5.41) is 0. The largest absolute Gasteiger partial charge is 1.00 e. The minimum atomic E-state index is -4.98. The van der Waals surface area contributed by atoms with Gasteiger partial charge in [-0.15, -0.1) is 5.46 Å². The van der Waals surface area contributed by atoms with Crippen LogP contribution in [0.1, 0.15) is 11.4 Å². The van der Waals surface area contributed by atoms with Crippen molar-refractivity contribution in [2.45, 2.75) is 13.5 Å². The van der Waals surface area contributed by atoms with Crippen molar-refractivity contribution >= 4 is 12.4 Å². The molecule has 0 bridgehead atoms. The SMILES string of the molecule is Cc1cc([B-](F)(F)F)ccc1OCc1ncccn1.[K+]. The van der Waals surface area contributed by atoms with Crippen LogP contribution in [0.2, 0.25) is 0 Å². The van der Waals surface area contributed by atoms with Gasteiger partial charge in [-0.2, -0.15) is 0 Å². The summed E-state index contributed by atoms with van der Waals surface area (Å²) in [4.78, 5) is 7.93. The first-order valence-electron chi connectivity index (χ1n) is 5.66. The first-order valence-corrected chi connectivity index (χ1v) is 5.66. The van der Waals surface area contributed by atoms with Gasteiger partial charge in [0.15, 0.2) is 5.82 Å². The molecule has 0 radical (unpaired) electrons. The standard InChI is InChI=1S/C12H11BF3N2O.K/c1-9-7-10(13(14,15)16)3-4-11(9)19-8-12-17-5-2-6-18-12;/h2-7H,8H2,1H3;/q-1;+1. The molecule has 0 aliphatic carbocycles. The monoisotopic (exact) mass is 306 g/mol. The predicted molar refractivity (Wildman–Crippen MR) is 66.3 cm³/mol. The molecule has 0 saturated heterocycles. The molecule has 8 heteroatoms. The van der Waals surface area contributed by atoms with E-state index in [4.69, 9.17) is 4.74 Å². The average molecular weight is 306 g/mol. The molecule has 0 saturated carbocycles. The van der Waals surface area contributed by atoms with E-state index in [2.05, 4.69) is 9.97 Å². The first-order chi connectivity index (χ1) is 8.97. The Morgan fingerprint density at radius 3 is 2.35 bits per heavy atom. The summed E-state index contributed by atoms with van der Waals surface area (Å²) in [5.41, 5.74) is -0.187. The van der Waals surface area contributed by atoms with Crippen LogP contribution in [-0.4, -0.2) is 16.9 Å². The van der Waals surface area contributed by atoms with Crippen LogP contribution in [0.25, 0.3) is 0 Å². The van der Waals surface area contributed by atoms with E-state index < -0.39 is 12.4 Å². The van der Waals surface area contributed by atoms with E-state index in [1.807, 2.05) is 0 Å². The van der Waals surface area contributed by atoms with Crippen LogP contribution >= 0.6 is 0 Å². The first kappa shape index (κ1) is 17.6. The molecule has 20 heavy (non-hydrogen) atoms. The zero-order valence-corrected chi connectivity index (χ0v) is 14.3. The molecule has 0 aliphatic rings. The smallest absolute Gasteiger partial charge is 0.485 e. The molecular weight excluding hydrogens is 295 g/mol. The third-order valence-electron chi connectivity index (χ3n) is 2.55. The summed E-state index contributed by atoms with van der Waals surface area (Å²) in [6.45, 7) is -3.28. The van der Waals surface area contributed by atoms with Gasteiger partial charge in [0.05, 0.1) is 0 Å². The van der Waals surface area contributed by atoms with Crippen molar-refractivity contribution in [2.24, 2.45) is 0 Å². The van der Waals surface area contributed by atoms with Gasteiger partial charge < -0.3 is 17.7 Å². The molecule has 1 aromatic carbocycles. The second-order valence-corrected chi connectivity index (χ2v) is 4.05. The number of aryl methyl sites for hydroxylation is 1. The molecule has 0 atom stereocenters. The van der Waals surface area contributed by atoms with Crippen molar-refractivity contribution in [1.82, 2.24) is 9.97 Å². The molecule has 1 heterocycles. The molecule has 0 aliphatic heterocycles. The van der Waals surface area contributed by atoms with Crippen LogP contribution < -0.4 is 61.6 Å². The van der Waals surface area contributed by atoms with Crippen molar-refractivity contribution in [3.8, 4) is 5.75 Å². The summed E-state index contributed by atoms with van der Waals surface area (Å²) < 4.78 is 43.1. The zero-order chi connectivity index (χ0) is 13.9. The molecule has 2 aromatic rings. The molecule has 0 N–H and O–H groups in total. The van der Waals surface area contributed by atoms with Crippen LogP contribution in [0.3, 0.4) is 0 Å². The zero-order valence-electron chi connectivity index (χ0n) is 11.2. The van der Waals surface area contributed by atoms with Crippen LogP contribution in [-0.2, 0) is 6.61 Å². The Kier molecular flexibility index (Phi) is 6.67. The second kappa shape index (κ2) is 7.56. The number of rotatable bonds is 4. The van der Waals surface area contributed by atoms with Gasteiger partial charge in [-0.25, -0.2) is 9.97 Å². The maximum Gasteiger partial charge on any atom is 1.00 e. The van der Waals surface area contributed by atoms with E-state index in [1.165, 1.54) is 6.07 Å². The summed E-state index contributed by atoms with van der Waals surface area (Å²) in [7, 11) is 0. The maximum absolute atomic E-state index is 12.6. The van der Waals surface area contributed by atoms with Gasteiger partial charge in [0.1, 0.15) is 12.4 Å². The Labute approximate surface area is 157 Å². The van der Waals surface area contributed by atoms with Gasteiger partial charge in [0.25, 0.3) is 0 Å². The Morgan fingerprint density at radius 2 is 1.80 bits per heavy atom. The predicted octanol–water partition coefficient (Wildman–Crippen LogP) is -0.578. The second-order valence-electron chi connectivity index (χ2n) is 4.05.